The first-order valence-electron chi connectivity index (χ1n) is 8.33. The molecular formula is C17H34N2O2. The molecule has 1 aliphatic heterocycles. The first kappa shape index (κ1) is 18.4. The van der Waals surface area contributed by atoms with Crippen LogP contribution >= 0.6 is 0 Å². The Kier molecular flexibility index (Phi) is 6.23. The fourth-order valence-electron chi connectivity index (χ4n) is 3.89. The van der Waals surface area contributed by atoms with Crippen LogP contribution in [0.15, 0.2) is 0 Å². The van der Waals surface area contributed by atoms with Gasteiger partial charge < -0.3 is 5.11 Å². The summed E-state index contributed by atoms with van der Waals surface area (Å²) < 4.78 is 0. The smallest absolute Gasteiger partial charge is 0.323 e. The fourth-order valence-corrected chi connectivity index (χ4v) is 3.89. The Morgan fingerprint density at radius 3 is 2.38 bits per heavy atom. The van der Waals surface area contributed by atoms with Gasteiger partial charge in [-0.05, 0) is 59.3 Å². The van der Waals surface area contributed by atoms with Gasteiger partial charge >= 0.3 is 5.97 Å². The van der Waals surface area contributed by atoms with Crippen LogP contribution in [0.4, 0.5) is 0 Å². The minimum absolute atomic E-state index is 0.162. The van der Waals surface area contributed by atoms with Crippen LogP contribution in [0.25, 0.3) is 0 Å². The molecule has 0 aromatic heterocycles. The largest absolute Gasteiger partial charge is 0.480 e. The molecule has 1 rings (SSSR count). The summed E-state index contributed by atoms with van der Waals surface area (Å²) >= 11 is 0. The number of rotatable bonds is 6. The Balaban J connectivity index is 2.81. The molecule has 124 valence electrons. The average Bonchev–Trinajstić information content (AvgIpc) is 2.32. The molecule has 0 bridgehead atoms. The van der Waals surface area contributed by atoms with Gasteiger partial charge in [-0.15, -0.1) is 0 Å². The van der Waals surface area contributed by atoms with Crippen molar-refractivity contribution in [2.75, 3.05) is 6.54 Å². The summed E-state index contributed by atoms with van der Waals surface area (Å²) in [6.45, 7) is 15.9. The maximum atomic E-state index is 11.7. The van der Waals surface area contributed by atoms with Crippen LogP contribution in [0.1, 0.15) is 61.3 Å². The van der Waals surface area contributed by atoms with Crippen LogP contribution in [-0.2, 0) is 4.79 Å². The standard InChI is InChI=1S/C17H34N2O2/c1-11(2)18-17(7,16(20)21)9-14(5)19-10-12(3)8-13(4)15(19)6/h11-15,18H,8-10H2,1-7H3,(H,20,21). The summed E-state index contributed by atoms with van der Waals surface area (Å²) in [5.41, 5.74) is -0.864. The summed E-state index contributed by atoms with van der Waals surface area (Å²) in [7, 11) is 0. The van der Waals surface area contributed by atoms with E-state index in [-0.39, 0.29) is 12.1 Å². The maximum Gasteiger partial charge on any atom is 0.323 e. The predicted molar refractivity (Wildman–Crippen MR) is 87.5 cm³/mol. The number of likely N-dealkylation sites (tertiary alicyclic amines) is 1. The molecule has 0 aliphatic carbocycles. The predicted octanol–water partition coefficient (Wildman–Crippen LogP) is 2.97. The maximum absolute atomic E-state index is 11.7. The van der Waals surface area contributed by atoms with E-state index in [2.05, 4.69) is 37.9 Å². The third-order valence-electron chi connectivity index (χ3n) is 4.99. The first-order valence-corrected chi connectivity index (χ1v) is 8.33. The Labute approximate surface area is 130 Å². The van der Waals surface area contributed by atoms with Crippen molar-refractivity contribution in [1.82, 2.24) is 10.2 Å². The summed E-state index contributed by atoms with van der Waals surface area (Å²) in [4.78, 5) is 14.2. The van der Waals surface area contributed by atoms with E-state index in [1.807, 2.05) is 20.8 Å². The van der Waals surface area contributed by atoms with Crippen molar-refractivity contribution in [2.24, 2.45) is 11.8 Å². The van der Waals surface area contributed by atoms with Gasteiger partial charge in [0.05, 0.1) is 0 Å². The Bertz CT molecular complexity index is 359. The molecule has 21 heavy (non-hydrogen) atoms. The third kappa shape index (κ3) is 4.68. The van der Waals surface area contributed by atoms with Gasteiger partial charge in [0.1, 0.15) is 5.54 Å². The molecule has 0 aromatic carbocycles. The van der Waals surface area contributed by atoms with Gasteiger partial charge in [-0.1, -0.05) is 13.8 Å². The minimum Gasteiger partial charge on any atom is -0.480 e. The molecule has 5 atom stereocenters. The van der Waals surface area contributed by atoms with E-state index in [1.165, 1.54) is 6.42 Å². The molecular weight excluding hydrogens is 264 g/mol. The van der Waals surface area contributed by atoms with E-state index >= 15 is 0 Å². The van der Waals surface area contributed by atoms with Crippen molar-refractivity contribution in [1.29, 1.82) is 0 Å². The zero-order chi connectivity index (χ0) is 16.4. The van der Waals surface area contributed by atoms with Gasteiger partial charge in [0.25, 0.3) is 0 Å². The van der Waals surface area contributed by atoms with Crippen molar-refractivity contribution in [3.05, 3.63) is 0 Å². The quantitative estimate of drug-likeness (QED) is 0.791. The fraction of sp³-hybridized carbons (Fsp3) is 0.941. The SMILES string of the molecule is CC1CC(C)C(C)N(C(C)CC(C)(NC(C)C)C(=O)O)C1. The molecule has 1 heterocycles. The normalized spacial score (nSPS) is 31.9. The summed E-state index contributed by atoms with van der Waals surface area (Å²) in [5.74, 6) is 0.604. The lowest BCUT2D eigenvalue weighted by Gasteiger charge is -2.46. The highest BCUT2D eigenvalue weighted by Gasteiger charge is 2.39. The van der Waals surface area contributed by atoms with E-state index in [0.29, 0.717) is 24.3 Å². The molecule has 4 heteroatoms. The van der Waals surface area contributed by atoms with Gasteiger partial charge in [-0.2, -0.15) is 0 Å². The molecule has 2 N–H and O–H groups in total. The first-order chi connectivity index (χ1) is 9.56. The molecule has 0 spiro atoms. The monoisotopic (exact) mass is 298 g/mol. The van der Waals surface area contributed by atoms with Crippen molar-refractivity contribution >= 4 is 5.97 Å². The lowest BCUT2D eigenvalue weighted by Crippen LogP contribution is -2.58. The van der Waals surface area contributed by atoms with Crippen LogP contribution in [0.2, 0.25) is 0 Å². The van der Waals surface area contributed by atoms with Crippen LogP contribution in [-0.4, -0.2) is 46.2 Å². The highest BCUT2D eigenvalue weighted by Crippen LogP contribution is 2.30. The Hall–Kier alpha value is -0.610. The second-order valence-corrected chi connectivity index (χ2v) is 7.74. The number of nitrogens with zero attached hydrogens (tertiary/aromatic N) is 1. The van der Waals surface area contributed by atoms with Gasteiger partial charge in [0, 0.05) is 24.7 Å². The van der Waals surface area contributed by atoms with Gasteiger partial charge in [0.15, 0.2) is 0 Å². The number of hydrogen-bond donors (Lipinski definition) is 2. The lowest BCUT2D eigenvalue weighted by molar-refractivity contribution is -0.145. The van der Waals surface area contributed by atoms with Gasteiger partial charge in [0.2, 0.25) is 0 Å². The van der Waals surface area contributed by atoms with E-state index in [9.17, 15) is 9.90 Å². The molecule has 5 unspecified atom stereocenters. The number of carboxylic acid groups (broad SMARTS) is 1. The molecule has 1 saturated heterocycles. The van der Waals surface area contributed by atoms with Crippen LogP contribution < -0.4 is 5.32 Å². The molecule has 1 fully saturated rings. The van der Waals surface area contributed by atoms with Crippen LogP contribution in [0, 0.1) is 11.8 Å². The molecule has 0 saturated carbocycles. The molecule has 0 radical (unpaired) electrons. The third-order valence-corrected chi connectivity index (χ3v) is 4.99. The lowest BCUT2D eigenvalue weighted by atomic mass is 9.83. The summed E-state index contributed by atoms with van der Waals surface area (Å²) in [6, 6.07) is 0.945. The summed E-state index contributed by atoms with van der Waals surface area (Å²) in [6.07, 6.45) is 1.90. The number of nitrogens with one attached hydrogen (secondary N) is 1. The number of piperidine rings is 1. The van der Waals surface area contributed by atoms with Crippen molar-refractivity contribution in [3.8, 4) is 0 Å². The van der Waals surface area contributed by atoms with E-state index in [0.717, 1.165) is 6.54 Å². The van der Waals surface area contributed by atoms with E-state index in [4.69, 9.17) is 0 Å². The second kappa shape index (κ2) is 7.10. The van der Waals surface area contributed by atoms with Crippen LogP contribution in [0.3, 0.4) is 0 Å². The highest BCUT2D eigenvalue weighted by molar-refractivity contribution is 5.78. The highest BCUT2D eigenvalue weighted by atomic mass is 16.4. The zero-order valence-corrected chi connectivity index (χ0v) is 14.8. The van der Waals surface area contributed by atoms with Crippen molar-refractivity contribution < 1.29 is 9.90 Å². The molecule has 1 aliphatic rings. The number of aliphatic carboxylic acids is 1. The molecule has 4 nitrogen and oxygen atoms in total. The number of carboxylic acids is 1. The summed E-state index contributed by atoms with van der Waals surface area (Å²) in [5, 5.41) is 12.9. The second-order valence-electron chi connectivity index (χ2n) is 7.74. The zero-order valence-electron chi connectivity index (χ0n) is 14.8. The molecule has 0 aromatic rings. The average molecular weight is 298 g/mol. The van der Waals surface area contributed by atoms with Crippen molar-refractivity contribution in [3.63, 3.8) is 0 Å². The topological polar surface area (TPSA) is 52.6 Å². The molecule has 0 amide bonds. The van der Waals surface area contributed by atoms with E-state index < -0.39 is 11.5 Å². The number of hydrogen-bond acceptors (Lipinski definition) is 3. The van der Waals surface area contributed by atoms with Gasteiger partial charge in [-0.25, -0.2) is 0 Å². The Morgan fingerprint density at radius 2 is 1.90 bits per heavy atom. The van der Waals surface area contributed by atoms with E-state index in [1.54, 1.807) is 0 Å². The van der Waals surface area contributed by atoms with Gasteiger partial charge in [-0.3, -0.25) is 15.0 Å². The van der Waals surface area contributed by atoms with Crippen molar-refractivity contribution in [2.45, 2.75) is 85.0 Å². The number of carbonyl (C=O) groups is 1. The minimum atomic E-state index is -0.864. The van der Waals surface area contributed by atoms with Crippen LogP contribution in [0.5, 0.6) is 0 Å². The Morgan fingerprint density at radius 1 is 1.33 bits per heavy atom.